The number of hydrogen-bond acceptors (Lipinski definition) is 11. The highest BCUT2D eigenvalue weighted by Crippen LogP contribution is 2.45. The molecule has 12 nitrogen and oxygen atoms in total. The second kappa shape index (κ2) is 18.7. The summed E-state index contributed by atoms with van der Waals surface area (Å²) in [4.78, 5) is 33.0. The molecular weight excluding hydrogens is 784 g/mol. The van der Waals surface area contributed by atoms with E-state index in [9.17, 15) is 13.2 Å². The summed E-state index contributed by atoms with van der Waals surface area (Å²) in [6, 6.07) is 10.2. The molecule has 0 amide bonds. The molecule has 59 heavy (non-hydrogen) atoms. The van der Waals surface area contributed by atoms with E-state index in [-0.39, 0.29) is 40.5 Å². The van der Waals surface area contributed by atoms with Crippen molar-refractivity contribution in [2.24, 2.45) is 11.3 Å². The Morgan fingerprint density at radius 1 is 1.02 bits per heavy atom. The Bertz CT molecular complexity index is 2170. The number of halogens is 3. The number of nitrogens with one attached hydrogen (secondary N) is 1. The van der Waals surface area contributed by atoms with Gasteiger partial charge in [-0.15, -0.1) is 0 Å². The number of benzene rings is 2. The number of anilines is 2. The number of rotatable bonds is 15. The number of carbonyl (C=O) groups is 1. The van der Waals surface area contributed by atoms with Crippen LogP contribution in [0.25, 0.3) is 11.3 Å². The number of carbonyl (C=O) groups excluding carboxylic acids is 1. The molecule has 4 aromatic rings. The Hall–Kier alpha value is -4.67. The SMILES string of the molecule is Cc1cccc(CC2CCCCC2)c1-c1nc(NS(=O)(=O)c2cccc(C=O)c2)nc(OC[C@@H](CC(C)(C)C)N(C)Cc2ncc(N3CCOCC3)cn2)c1C(F)(F)F. The lowest BCUT2D eigenvalue weighted by Crippen LogP contribution is -2.40. The number of aromatic nitrogens is 4. The summed E-state index contributed by atoms with van der Waals surface area (Å²) in [5.74, 6) is -0.579. The van der Waals surface area contributed by atoms with Crippen molar-refractivity contribution >= 4 is 27.9 Å². The molecule has 1 atom stereocenters. The van der Waals surface area contributed by atoms with Gasteiger partial charge in [0.2, 0.25) is 11.8 Å². The predicted octanol–water partition coefficient (Wildman–Crippen LogP) is 8.15. The zero-order chi connectivity index (χ0) is 42.4. The van der Waals surface area contributed by atoms with Gasteiger partial charge in [-0.1, -0.05) is 83.2 Å². The van der Waals surface area contributed by atoms with Crippen molar-refractivity contribution in [2.45, 2.75) is 96.3 Å². The van der Waals surface area contributed by atoms with Crippen molar-refractivity contribution in [1.29, 1.82) is 0 Å². The van der Waals surface area contributed by atoms with E-state index >= 15 is 13.2 Å². The maximum Gasteiger partial charge on any atom is 0.423 e. The standard InChI is InChI=1S/C43H54F3N7O5S/c1-29-11-9-15-32(21-30-12-7-6-8-13-30)37(29)39-38(43(44,45)46)40(50-41(49-39)51-59(55,56)35-16-10-14-31(22-35)27-54)58-28-33(23-42(2,3)4)52(5)26-36-47-24-34(25-48-36)53-17-19-57-20-18-53/h9-11,14-16,22,24-25,27,30,33H,6-8,12-13,17-21,23,26,28H2,1-5H3,(H,49,50,51)/t33-/m1/s1. The molecule has 0 spiro atoms. The average molecular weight is 838 g/mol. The van der Waals surface area contributed by atoms with Gasteiger partial charge in [0.15, 0.2) is 0 Å². The Morgan fingerprint density at radius 2 is 1.71 bits per heavy atom. The summed E-state index contributed by atoms with van der Waals surface area (Å²) in [5.41, 5.74) is 0.552. The summed E-state index contributed by atoms with van der Waals surface area (Å²) in [7, 11) is -2.63. The van der Waals surface area contributed by atoms with E-state index in [1.54, 1.807) is 25.4 Å². The van der Waals surface area contributed by atoms with Crippen molar-refractivity contribution in [2.75, 3.05) is 49.6 Å². The van der Waals surface area contributed by atoms with Crippen LogP contribution in [0.2, 0.25) is 0 Å². The van der Waals surface area contributed by atoms with Crippen molar-refractivity contribution in [1.82, 2.24) is 24.8 Å². The topological polar surface area (TPSA) is 140 Å². The number of alkyl halides is 3. The molecular formula is C43H54F3N7O5S. The molecule has 1 aliphatic carbocycles. The minimum absolute atomic E-state index is 0.102. The lowest BCUT2D eigenvalue weighted by atomic mass is 9.82. The minimum Gasteiger partial charge on any atom is -0.475 e. The Morgan fingerprint density at radius 3 is 2.37 bits per heavy atom. The molecule has 0 bridgehead atoms. The first-order valence-corrected chi connectivity index (χ1v) is 21.6. The monoisotopic (exact) mass is 837 g/mol. The molecule has 2 aromatic heterocycles. The fraction of sp³-hybridized carbons (Fsp3) is 0.512. The lowest BCUT2D eigenvalue weighted by Gasteiger charge is -2.33. The molecule has 6 rings (SSSR count). The van der Waals surface area contributed by atoms with Crippen molar-refractivity contribution in [3.8, 4) is 17.1 Å². The van der Waals surface area contributed by atoms with Crippen LogP contribution in [0.5, 0.6) is 5.88 Å². The third-order valence-electron chi connectivity index (χ3n) is 10.9. The molecule has 2 fully saturated rings. The number of sulfonamides is 1. The number of aryl methyl sites for hydroxylation is 1. The van der Waals surface area contributed by atoms with Crippen LogP contribution in [0.4, 0.5) is 24.8 Å². The zero-order valence-electron chi connectivity index (χ0n) is 34.4. The summed E-state index contributed by atoms with van der Waals surface area (Å²) < 4.78 is 88.0. The number of morpholine rings is 1. The van der Waals surface area contributed by atoms with E-state index in [0.717, 1.165) is 56.9 Å². The minimum atomic E-state index is -4.99. The van der Waals surface area contributed by atoms with Gasteiger partial charge in [-0.2, -0.15) is 18.2 Å². The van der Waals surface area contributed by atoms with Gasteiger partial charge in [-0.3, -0.25) is 9.69 Å². The van der Waals surface area contributed by atoms with Crippen LogP contribution < -0.4 is 14.4 Å². The fourth-order valence-electron chi connectivity index (χ4n) is 7.89. The average Bonchev–Trinajstić information content (AvgIpc) is 3.19. The maximum absolute atomic E-state index is 15.6. The molecule has 16 heteroatoms. The molecule has 1 saturated carbocycles. The first-order valence-electron chi connectivity index (χ1n) is 20.1. The van der Waals surface area contributed by atoms with Crippen LogP contribution in [0.1, 0.15) is 92.2 Å². The molecule has 318 valence electrons. The first-order chi connectivity index (χ1) is 28.0. The van der Waals surface area contributed by atoms with E-state index in [1.807, 2.05) is 44.9 Å². The second-order valence-electron chi connectivity index (χ2n) is 16.8. The number of aldehydes is 1. The highest BCUT2D eigenvalue weighted by molar-refractivity contribution is 7.92. The smallest absolute Gasteiger partial charge is 0.423 e. The lowest BCUT2D eigenvalue weighted by molar-refractivity contribution is -0.139. The predicted molar refractivity (Wildman–Crippen MR) is 220 cm³/mol. The van der Waals surface area contributed by atoms with Crippen molar-refractivity contribution in [3.63, 3.8) is 0 Å². The number of likely N-dealkylation sites (N-methyl/N-ethyl adjacent to an activating group) is 1. The number of ether oxygens (including phenoxy) is 2. The normalized spacial score (nSPS) is 16.3. The highest BCUT2D eigenvalue weighted by Gasteiger charge is 2.42. The Balaban J connectivity index is 1.40. The van der Waals surface area contributed by atoms with E-state index in [2.05, 4.69) is 29.6 Å². The van der Waals surface area contributed by atoms with E-state index in [0.29, 0.717) is 49.3 Å². The van der Waals surface area contributed by atoms with E-state index in [1.165, 1.54) is 18.2 Å². The zero-order valence-corrected chi connectivity index (χ0v) is 35.2. The highest BCUT2D eigenvalue weighted by atomic mass is 32.2. The number of hydrogen-bond donors (Lipinski definition) is 1. The molecule has 0 unspecified atom stereocenters. The number of nitrogens with zero attached hydrogens (tertiary/aromatic N) is 6. The molecule has 1 N–H and O–H groups in total. The largest absolute Gasteiger partial charge is 0.475 e. The first kappa shape index (κ1) is 43.9. The van der Waals surface area contributed by atoms with Crippen LogP contribution in [-0.2, 0) is 33.9 Å². The molecule has 0 radical (unpaired) electrons. The van der Waals surface area contributed by atoms with Gasteiger partial charge in [-0.25, -0.2) is 28.1 Å². The van der Waals surface area contributed by atoms with E-state index in [4.69, 9.17) is 9.47 Å². The van der Waals surface area contributed by atoms with Gasteiger partial charge < -0.3 is 14.4 Å². The third-order valence-corrected chi connectivity index (χ3v) is 12.2. The van der Waals surface area contributed by atoms with Gasteiger partial charge in [0.05, 0.1) is 48.4 Å². The van der Waals surface area contributed by atoms with Gasteiger partial charge in [0.1, 0.15) is 24.3 Å². The van der Waals surface area contributed by atoms with Gasteiger partial charge in [0, 0.05) is 30.3 Å². The summed E-state index contributed by atoms with van der Waals surface area (Å²) in [5, 5.41) is 0. The van der Waals surface area contributed by atoms with Gasteiger partial charge in [-0.05, 0) is 61.4 Å². The van der Waals surface area contributed by atoms with Crippen LogP contribution in [0.15, 0.2) is 59.8 Å². The van der Waals surface area contributed by atoms with Crippen molar-refractivity contribution in [3.05, 3.63) is 82.9 Å². The van der Waals surface area contributed by atoms with Gasteiger partial charge in [0.25, 0.3) is 10.0 Å². The summed E-state index contributed by atoms with van der Waals surface area (Å²) in [6.45, 7) is 10.6. The van der Waals surface area contributed by atoms with Crippen LogP contribution in [0.3, 0.4) is 0 Å². The van der Waals surface area contributed by atoms with E-state index < -0.39 is 45.3 Å². The Labute approximate surface area is 345 Å². The molecule has 2 aliphatic rings. The molecule has 1 saturated heterocycles. The van der Waals surface area contributed by atoms with Gasteiger partial charge >= 0.3 is 6.18 Å². The summed E-state index contributed by atoms with van der Waals surface area (Å²) >= 11 is 0. The quantitative estimate of drug-likeness (QED) is 0.116. The maximum atomic E-state index is 15.6. The molecule has 1 aliphatic heterocycles. The molecule has 3 heterocycles. The van der Waals surface area contributed by atoms with Crippen molar-refractivity contribution < 1.29 is 35.9 Å². The third kappa shape index (κ3) is 11.5. The van der Waals surface area contributed by atoms with Crippen LogP contribution in [-0.4, -0.2) is 85.5 Å². The van der Waals surface area contributed by atoms with Crippen LogP contribution >= 0.6 is 0 Å². The second-order valence-corrected chi connectivity index (χ2v) is 18.5. The van der Waals surface area contributed by atoms with Crippen LogP contribution in [0, 0.1) is 18.3 Å². The summed E-state index contributed by atoms with van der Waals surface area (Å²) in [6.07, 6.45) is 5.27. The fourth-order valence-corrected chi connectivity index (χ4v) is 8.89. The molecule has 2 aromatic carbocycles. The Kier molecular flexibility index (Phi) is 13.9.